The molecule has 1 heterocycles. The largest absolute Gasteiger partial charge is 0.324 e. The number of carbonyl (C=O) groups is 3. The van der Waals surface area contributed by atoms with E-state index in [9.17, 15) is 14.4 Å². The van der Waals surface area contributed by atoms with Crippen molar-refractivity contribution in [3.05, 3.63) is 59.7 Å². The Hall–Kier alpha value is -2.95. The Balaban J connectivity index is 1.98. The molecule has 24 heavy (non-hydrogen) atoms. The Kier molecular flexibility index (Phi) is 4.16. The number of hydrogen-bond acceptors (Lipinski definition) is 3. The van der Waals surface area contributed by atoms with E-state index in [0.29, 0.717) is 28.9 Å². The Bertz CT molecular complexity index is 794. The molecule has 0 spiro atoms. The molecule has 3 amide bonds. The van der Waals surface area contributed by atoms with Crippen LogP contribution in [0.5, 0.6) is 0 Å². The highest BCUT2D eigenvalue weighted by Crippen LogP contribution is 2.33. The standard InChI is InChI=1S/C19H18N2O3/c1-3-12(2)17(22)20-15-10-6-7-11-16(15)21-18(23)13-8-4-5-9-14(13)19(21)24/h4-12H,3H2,1-2H3,(H,20,22). The molecule has 5 nitrogen and oxygen atoms in total. The molecule has 0 radical (unpaired) electrons. The number of hydrogen-bond donors (Lipinski definition) is 1. The van der Waals surface area contributed by atoms with Crippen LogP contribution in [0.15, 0.2) is 48.5 Å². The number of amides is 3. The predicted octanol–water partition coefficient (Wildman–Crippen LogP) is 3.47. The van der Waals surface area contributed by atoms with Crippen molar-refractivity contribution in [1.82, 2.24) is 0 Å². The number of rotatable bonds is 4. The SMILES string of the molecule is CCC(C)C(=O)Nc1ccccc1N1C(=O)c2ccccc2C1=O. The minimum absolute atomic E-state index is 0.137. The molecular weight excluding hydrogens is 304 g/mol. The van der Waals surface area contributed by atoms with Crippen molar-refractivity contribution in [2.45, 2.75) is 20.3 Å². The molecule has 0 aromatic heterocycles. The van der Waals surface area contributed by atoms with Crippen molar-refractivity contribution in [1.29, 1.82) is 0 Å². The first-order valence-corrected chi connectivity index (χ1v) is 7.92. The van der Waals surface area contributed by atoms with Gasteiger partial charge in [-0.1, -0.05) is 38.1 Å². The van der Waals surface area contributed by atoms with Gasteiger partial charge >= 0.3 is 0 Å². The number of nitrogens with one attached hydrogen (secondary N) is 1. The van der Waals surface area contributed by atoms with E-state index in [1.807, 2.05) is 13.8 Å². The van der Waals surface area contributed by atoms with E-state index < -0.39 is 0 Å². The first kappa shape index (κ1) is 15.9. The molecule has 0 saturated carbocycles. The maximum Gasteiger partial charge on any atom is 0.266 e. The van der Waals surface area contributed by atoms with Gasteiger partial charge in [-0.15, -0.1) is 0 Å². The number of benzene rings is 2. The molecule has 1 N–H and O–H groups in total. The van der Waals surface area contributed by atoms with E-state index in [1.165, 1.54) is 0 Å². The molecule has 1 unspecified atom stereocenters. The van der Waals surface area contributed by atoms with Crippen LogP contribution in [0.1, 0.15) is 41.0 Å². The Morgan fingerprint density at radius 3 is 2.12 bits per heavy atom. The van der Waals surface area contributed by atoms with Crippen LogP contribution in [0.25, 0.3) is 0 Å². The zero-order chi connectivity index (χ0) is 17.3. The second-order valence-electron chi connectivity index (χ2n) is 5.81. The molecule has 122 valence electrons. The van der Waals surface area contributed by atoms with Crippen LogP contribution < -0.4 is 10.2 Å². The molecule has 1 aliphatic heterocycles. The monoisotopic (exact) mass is 322 g/mol. The summed E-state index contributed by atoms with van der Waals surface area (Å²) in [6.07, 6.45) is 0.709. The van der Waals surface area contributed by atoms with Crippen LogP contribution in [-0.2, 0) is 4.79 Å². The topological polar surface area (TPSA) is 66.5 Å². The van der Waals surface area contributed by atoms with Gasteiger partial charge in [0.25, 0.3) is 11.8 Å². The zero-order valence-electron chi connectivity index (χ0n) is 13.6. The second kappa shape index (κ2) is 6.28. The number of fused-ring (bicyclic) bond motifs is 1. The van der Waals surface area contributed by atoms with Crippen LogP contribution in [0.2, 0.25) is 0 Å². The van der Waals surface area contributed by atoms with Crippen molar-refractivity contribution in [3.8, 4) is 0 Å². The smallest absolute Gasteiger partial charge is 0.266 e. The van der Waals surface area contributed by atoms with Crippen LogP contribution in [0, 0.1) is 5.92 Å². The lowest BCUT2D eigenvalue weighted by molar-refractivity contribution is -0.119. The number of imide groups is 1. The third-order valence-corrected chi connectivity index (χ3v) is 4.26. The molecule has 0 saturated heterocycles. The summed E-state index contributed by atoms with van der Waals surface area (Å²) in [7, 11) is 0. The number of anilines is 2. The summed E-state index contributed by atoms with van der Waals surface area (Å²) in [4.78, 5) is 38.6. The zero-order valence-corrected chi connectivity index (χ0v) is 13.6. The van der Waals surface area contributed by atoms with E-state index in [0.717, 1.165) is 4.90 Å². The van der Waals surface area contributed by atoms with Crippen molar-refractivity contribution >= 4 is 29.1 Å². The van der Waals surface area contributed by atoms with Crippen molar-refractivity contribution < 1.29 is 14.4 Å². The van der Waals surface area contributed by atoms with Crippen LogP contribution in [0.3, 0.4) is 0 Å². The van der Waals surface area contributed by atoms with Crippen molar-refractivity contribution in [2.24, 2.45) is 5.92 Å². The average molecular weight is 322 g/mol. The normalized spacial score (nSPS) is 14.5. The highest BCUT2D eigenvalue weighted by atomic mass is 16.2. The summed E-state index contributed by atoms with van der Waals surface area (Å²) >= 11 is 0. The molecule has 3 rings (SSSR count). The quantitative estimate of drug-likeness (QED) is 0.877. The Morgan fingerprint density at radius 2 is 1.54 bits per heavy atom. The molecular formula is C19H18N2O3. The highest BCUT2D eigenvalue weighted by Gasteiger charge is 2.37. The first-order chi connectivity index (χ1) is 11.5. The summed E-state index contributed by atoms with van der Waals surface area (Å²) in [6.45, 7) is 3.76. The van der Waals surface area contributed by atoms with Gasteiger partial charge in [0.05, 0.1) is 22.5 Å². The average Bonchev–Trinajstić information content (AvgIpc) is 2.86. The predicted molar refractivity (Wildman–Crippen MR) is 92.1 cm³/mol. The molecule has 1 atom stereocenters. The number of carbonyl (C=O) groups excluding carboxylic acids is 3. The van der Waals surface area contributed by atoms with Gasteiger partial charge in [0.2, 0.25) is 5.91 Å². The first-order valence-electron chi connectivity index (χ1n) is 7.92. The number of nitrogens with zero attached hydrogens (tertiary/aromatic N) is 1. The van der Waals surface area contributed by atoms with Gasteiger partial charge in [-0.2, -0.15) is 0 Å². The van der Waals surface area contributed by atoms with E-state index in [4.69, 9.17) is 0 Å². The summed E-state index contributed by atoms with van der Waals surface area (Å²) in [5.74, 6) is -1.04. The number of para-hydroxylation sites is 2. The fourth-order valence-corrected chi connectivity index (χ4v) is 2.62. The molecule has 1 aliphatic rings. The van der Waals surface area contributed by atoms with Gasteiger partial charge in [0.15, 0.2) is 0 Å². The third kappa shape index (κ3) is 2.58. The molecule has 5 heteroatoms. The lowest BCUT2D eigenvalue weighted by atomic mass is 10.1. The molecule has 0 bridgehead atoms. The summed E-state index contributed by atoms with van der Waals surface area (Å²) in [6, 6.07) is 13.6. The van der Waals surface area contributed by atoms with E-state index in [1.54, 1.807) is 48.5 Å². The Morgan fingerprint density at radius 1 is 1.00 bits per heavy atom. The lowest BCUT2D eigenvalue weighted by Crippen LogP contribution is -2.31. The van der Waals surface area contributed by atoms with Crippen LogP contribution in [0.4, 0.5) is 11.4 Å². The minimum atomic E-state index is -0.374. The van der Waals surface area contributed by atoms with Crippen LogP contribution >= 0.6 is 0 Å². The molecule has 0 fully saturated rings. The molecule has 2 aromatic rings. The third-order valence-electron chi connectivity index (χ3n) is 4.26. The maximum absolute atomic E-state index is 12.6. The van der Waals surface area contributed by atoms with Gasteiger partial charge in [-0.3, -0.25) is 14.4 Å². The summed E-state index contributed by atoms with van der Waals surface area (Å²) in [5, 5.41) is 2.82. The fourth-order valence-electron chi connectivity index (χ4n) is 2.62. The lowest BCUT2D eigenvalue weighted by Gasteiger charge is -2.19. The maximum atomic E-state index is 12.6. The Labute approximate surface area is 140 Å². The van der Waals surface area contributed by atoms with E-state index in [2.05, 4.69) is 5.32 Å². The molecule has 0 aliphatic carbocycles. The van der Waals surface area contributed by atoms with E-state index >= 15 is 0 Å². The second-order valence-corrected chi connectivity index (χ2v) is 5.81. The van der Waals surface area contributed by atoms with Crippen LogP contribution in [-0.4, -0.2) is 17.7 Å². The van der Waals surface area contributed by atoms with Gasteiger partial charge < -0.3 is 5.32 Å². The van der Waals surface area contributed by atoms with Gasteiger partial charge in [-0.25, -0.2) is 4.90 Å². The van der Waals surface area contributed by atoms with Crippen molar-refractivity contribution in [2.75, 3.05) is 10.2 Å². The highest BCUT2D eigenvalue weighted by molar-refractivity contribution is 6.35. The molecule has 2 aromatic carbocycles. The summed E-state index contributed by atoms with van der Waals surface area (Å²) in [5.41, 5.74) is 1.61. The van der Waals surface area contributed by atoms with Gasteiger partial charge in [-0.05, 0) is 30.7 Å². The minimum Gasteiger partial charge on any atom is -0.324 e. The van der Waals surface area contributed by atoms with Gasteiger partial charge in [0.1, 0.15) is 0 Å². The summed E-state index contributed by atoms with van der Waals surface area (Å²) < 4.78 is 0. The fraction of sp³-hybridized carbons (Fsp3) is 0.211. The van der Waals surface area contributed by atoms with Gasteiger partial charge in [0, 0.05) is 5.92 Å². The van der Waals surface area contributed by atoms with Crippen molar-refractivity contribution in [3.63, 3.8) is 0 Å². The van der Waals surface area contributed by atoms with E-state index in [-0.39, 0.29) is 23.6 Å².